The van der Waals surface area contributed by atoms with Crippen LogP contribution in [-0.4, -0.2) is 51.9 Å². The monoisotopic (exact) mass is 480 g/mol. The number of ether oxygens (including phenoxy) is 2. The lowest BCUT2D eigenvalue weighted by atomic mass is 9.93. The second-order valence-electron chi connectivity index (χ2n) is 8.43. The summed E-state index contributed by atoms with van der Waals surface area (Å²) in [5.74, 6) is -0.309. The summed E-state index contributed by atoms with van der Waals surface area (Å²) in [6.07, 6.45) is 3.01. The fourth-order valence-electron chi connectivity index (χ4n) is 4.54. The molecule has 0 aliphatic carbocycles. The van der Waals surface area contributed by atoms with Crippen LogP contribution in [0.25, 0.3) is 5.82 Å². The summed E-state index contributed by atoms with van der Waals surface area (Å²) in [5, 5.41) is 16.6. The molecule has 1 unspecified atom stereocenters. The van der Waals surface area contributed by atoms with Gasteiger partial charge in [0, 0.05) is 44.0 Å². The van der Waals surface area contributed by atoms with Gasteiger partial charge in [0.2, 0.25) is 0 Å². The molecule has 1 atom stereocenters. The Kier molecular flexibility index (Phi) is 6.15. The molecule has 0 bridgehead atoms. The first-order valence-corrected chi connectivity index (χ1v) is 11.1. The second kappa shape index (κ2) is 9.40. The molecule has 5 rings (SSSR count). The normalized spacial score (nSPS) is 17.8. The Bertz CT molecular complexity index is 1300. The number of hydrogen-bond acceptors (Lipinski definition) is 8. The molecule has 180 valence electrons. The van der Waals surface area contributed by atoms with E-state index in [1.165, 1.54) is 10.9 Å². The van der Waals surface area contributed by atoms with Crippen LogP contribution in [0.5, 0.6) is 5.88 Å². The van der Waals surface area contributed by atoms with Gasteiger partial charge in [0.15, 0.2) is 5.82 Å². The fraction of sp³-hybridized carbons (Fsp3) is 0.333. The number of aromatic nitrogens is 3. The quantitative estimate of drug-likeness (QED) is 0.537. The van der Waals surface area contributed by atoms with E-state index >= 15 is 0 Å². The van der Waals surface area contributed by atoms with Crippen molar-refractivity contribution in [2.75, 3.05) is 19.6 Å². The Labute approximate surface area is 199 Å². The molecule has 0 amide bonds. The van der Waals surface area contributed by atoms with Crippen molar-refractivity contribution in [2.24, 2.45) is 0 Å². The van der Waals surface area contributed by atoms with Crippen LogP contribution in [0.3, 0.4) is 0 Å². The number of cyclic esters (lactones) is 1. The molecule has 1 N–H and O–H groups in total. The van der Waals surface area contributed by atoms with Gasteiger partial charge in [-0.05, 0) is 35.7 Å². The highest BCUT2D eigenvalue weighted by molar-refractivity contribution is 5.94. The van der Waals surface area contributed by atoms with Crippen molar-refractivity contribution in [2.45, 2.75) is 32.7 Å². The predicted molar refractivity (Wildman–Crippen MR) is 119 cm³/mol. The topological polar surface area (TPSA) is 105 Å². The number of esters is 1. The first-order chi connectivity index (χ1) is 16.9. The molecule has 3 aromatic rings. The van der Waals surface area contributed by atoms with Crippen molar-refractivity contribution in [3.05, 3.63) is 70.0 Å². The molecular weight excluding hydrogens is 458 g/mol. The maximum atomic E-state index is 12.5. The average molecular weight is 480 g/mol. The van der Waals surface area contributed by atoms with E-state index in [9.17, 15) is 13.6 Å². The largest absolute Gasteiger partial charge is 0.457 e. The number of rotatable bonds is 6. The van der Waals surface area contributed by atoms with E-state index in [0.717, 1.165) is 41.9 Å². The van der Waals surface area contributed by atoms with E-state index in [4.69, 9.17) is 10.00 Å². The molecule has 2 aromatic heterocycles. The van der Waals surface area contributed by atoms with E-state index in [1.54, 1.807) is 18.3 Å². The number of carbonyl (C=O) groups is 1. The molecule has 1 saturated heterocycles. The minimum Gasteiger partial charge on any atom is -0.457 e. The highest BCUT2D eigenvalue weighted by Crippen LogP contribution is 2.30. The number of alkyl halides is 2. The highest BCUT2D eigenvalue weighted by atomic mass is 19.3. The van der Waals surface area contributed by atoms with Crippen LogP contribution in [-0.2, 0) is 17.9 Å². The molecule has 1 fully saturated rings. The molecule has 35 heavy (non-hydrogen) atoms. The average Bonchev–Trinajstić information content (AvgIpc) is 3.43. The van der Waals surface area contributed by atoms with E-state index < -0.39 is 12.5 Å². The van der Waals surface area contributed by atoms with E-state index in [0.29, 0.717) is 24.5 Å². The molecule has 0 spiro atoms. The number of fused-ring (bicyclic) bond motifs is 1. The van der Waals surface area contributed by atoms with Gasteiger partial charge in [-0.25, -0.2) is 14.5 Å². The molecule has 4 heterocycles. The smallest absolute Gasteiger partial charge is 0.388 e. The van der Waals surface area contributed by atoms with E-state index in [-0.39, 0.29) is 17.6 Å². The molecule has 11 heteroatoms. The minimum atomic E-state index is -3.07. The van der Waals surface area contributed by atoms with Gasteiger partial charge in [0.25, 0.3) is 5.88 Å². The number of nitrogens with zero attached hydrogens (tertiary/aromatic N) is 5. The summed E-state index contributed by atoms with van der Waals surface area (Å²) in [5.41, 5.74) is 4.75. The molecule has 9 nitrogen and oxygen atoms in total. The third-order valence-electron chi connectivity index (χ3n) is 6.29. The van der Waals surface area contributed by atoms with Gasteiger partial charge in [-0.15, -0.1) is 5.10 Å². The molecule has 0 saturated carbocycles. The third-order valence-corrected chi connectivity index (χ3v) is 6.29. The lowest BCUT2D eigenvalue weighted by Crippen LogP contribution is -2.45. The first kappa shape index (κ1) is 22.9. The van der Waals surface area contributed by atoms with Gasteiger partial charge in [-0.2, -0.15) is 14.0 Å². The summed E-state index contributed by atoms with van der Waals surface area (Å²) in [6, 6.07) is 9.38. The van der Waals surface area contributed by atoms with Crippen molar-refractivity contribution in [1.29, 1.82) is 5.26 Å². The lowest BCUT2D eigenvalue weighted by Gasteiger charge is -2.34. The van der Waals surface area contributed by atoms with Crippen LogP contribution >= 0.6 is 0 Å². The Morgan fingerprint density at radius 2 is 2.20 bits per heavy atom. The standard InChI is InChI=1S/C24H22F2N6O3/c1-14-17(3-4-18-19(14)13-34-23(18)33)20-12-31(7-6-28-20)10-15-2-5-21(29-9-15)32-11-16(8-27)22(30-32)35-24(25)26/h2-5,9,11,20,24,28H,6-7,10,12-13H2,1H3. The number of hydrogen-bond donors (Lipinski definition) is 1. The fourth-order valence-corrected chi connectivity index (χ4v) is 4.54. The van der Waals surface area contributed by atoms with Crippen LogP contribution in [0.1, 0.15) is 44.2 Å². The van der Waals surface area contributed by atoms with Crippen LogP contribution in [0, 0.1) is 18.3 Å². The Morgan fingerprint density at radius 3 is 2.94 bits per heavy atom. The number of piperazine rings is 1. The number of pyridine rings is 1. The summed E-state index contributed by atoms with van der Waals surface area (Å²) in [4.78, 5) is 18.5. The molecule has 2 aliphatic rings. The van der Waals surface area contributed by atoms with Crippen molar-refractivity contribution in [3.63, 3.8) is 0 Å². The number of benzene rings is 1. The molecular formula is C24H22F2N6O3. The number of halogens is 2. The van der Waals surface area contributed by atoms with Gasteiger partial charge in [-0.1, -0.05) is 12.1 Å². The first-order valence-electron chi connectivity index (χ1n) is 11.1. The Morgan fingerprint density at radius 1 is 1.34 bits per heavy atom. The van der Waals surface area contributed by atoms with Crippen LogP contribution in [0.2, 0.25) is 0 Å². The van der Waals surface area contributed by atoms with Crippen molar-refractivity contribution in [3.8, 4) is 17.8 Å². The number of nitriles is 1. The molecule has 2 aliphatic heterocycles. The van der Waals surface area contributed by atoms with Crippen LogP contribution < -0.4 is 10.1 Å². The van der Waals surface area contributed by atoms with E-state index in [1.807, 2.05) is 25.1 Å². The van der Waals surface area contributed by atoms with Crippen LogP contribution in [0.4, 0.5) is 8.78 Å². The van der Waals surface area contributed by atoms with Gasteiger partial charge in [-0.3, -0.25) is 4.90 Å². The van der Waals surface area contributed by atoms with Crippen molar-refractivity contribution >= 4 is 5.97 Å². The predicted octanol–water partition coefficient (Wildman–Crippen LogP) is 2.87. The minimum absolute atomic E-state index is 0.0965. The summed E-state index contributed by atoms with van der Waals surface area (Å²) < 4.78 is 35.8. The Hall–Kier alpha value is -3.88. The SMILES string of the molecule is Cc1c(C2CN(Cc3ccc(-n4cc(C#N)c(OC(F)F)n4)nc3)CCN2)ccc2c1COC2=O. The lowest BCUT2D eigenvalue weighted by molar-refractivity contribution is -0.0532. The molecule has 1 aromatic carbocycles. The zero-order valence-corrected chi connectivity index (χ0v) is 18.9. The van der Waals surface area contributed by atoms with Gasteiger partial charge in [0.1, 0.15) is 18.2 Å². The summed E-state index contributed by atoms with van der Waals surface area (Å²) >= 11 is 0. The number of nitrogens with one attached hydrogen (secondary N) is 1. The summed E-state index contributed by atoms with van der Waals surface area (Å²) in [6.45, 7) is 2.44. The third kappa shape index (κ3) is 4.58. The van der Waals surface area contributed by atoms with Crippen molar-refractivity contribution in [1.82, 2.24) is 25.0 Å². The van der Waals surface area contributed by atoms with Crippen molar-refractivity contribution < 1.29 is 23.0 Å². The molecule has 0 radical (unpaired) electrons. The summed E-state index contributed by atoms with van der Waals surface area (Å²) in [7, 11) is 0. The second-order valence-corrected chi connectivity index (χ2v) is 8.43. The van der Waals surface area contributed by atoms with Gasteiger partial charge < -0.3 is 14.8 Å². The van der Waals surface area contributed by atoms with Gasteiger partial charge >= 0.3 is 12.6 Å². The highest BCUT2D eigenvalue weighted by Gasteiger charge is 2.28. The maximum absolute atomic E-state index is 12.5. The zero-order chi connectivity index (χ0) is 24.5. The van der Waals surface area contributed by atoms with Gasteiger partial charge in [0.05, 0.1) is 11.8 Å². The maximum Gasteiger partial charge on any atom is 0.388 e. The zero-order valence-electron chi connectivity index (χ0n) is 18.9. The Balaban J connectivity index is 1.27. The number of carbonyl (C=O) groups excluding carboxylic acids is 1. The van der Waals surface area contributed by atoms with Crippen LogP contribution in [0.15, 0.2) is 36.7 Å². The van der Waals surface area contributed by atoms with E-state index in [2.05, 4.69) is 25.0 Å².